The first kappa shape index (κ1) is 14.7. The van der Waals surface area contributed by atoms with Crippen LogP contribution in [0, 0.1) is 11.3 Å². The Morgan fingerprint density at radius 1 is 1.50 bits per heavy atom. The summed E-state index contributed by atoms with van der Waals surface area (Å²) in [6.45, 7) is 9.44. The number of likely N-dealkylation sites (tertiary alicyclic amines) is 1. The van der Waals surface area contributed by atoms with Crippen molar-refractivity contribution in [3.05, 3.63) is 11.6 Å². The van der Waals surface area contributed by atoms with Crippen LogP contribution in [0.3, 0.4) is 0 Å². The predicted octanol–water partition coefficient (Wildman–Crippen LogP) is 2.00. The molecule has 1 aliphatic rings. The molecule has 0 spiro atoms. The van der Waals surface area contributed by atoms with Crippen molar-refractivity contribution >= 4 is 11.9 Å². The van der Waals surface area contributed by atoms with Crippen molar-refractivity contribution in [2.75, 3.05) is 20.2 Å². The molecule has 0 radical (unpaired) electrons. The van der Waals surface area contributed by atoms with Gasteiger partial charge >= 0.3 is 5.97 Å². The number of ether oxygens (including phenoxy) is 1. The molecule has 1 atom stereocenters. The SMILES string of the molecule is COC(=O)C(C)=CCN1CC(C(C)(C)C)CC1=O. The number of nitrogens with zero attached hydrogens (tertiary/aromatic N) is 1. The molecule has 1 fully saturated rings. The predicted molar refractivity (Wildman–Crippen MR) is 69.9 cm³/mol. The van der Waals surface area contributed by atoms with Gasteiger partial charge in [0.2, 0.25) is 5.91 Å². The van der Waals surface area contributed by atoms with Crippen molar-refractivity contribution in [2.45, 2.75) is 34.1 Å². The van der Waals surface area contributed by atoms with Crippen LogP contribution in [0.2, 0.25) is 0 Å². The van der Waals surface area contributed by atoms with Crippen LogP contribution in [0.5, 0.6) is 0 Å². The zero-order valence-corrected chi connectivity index (χ0v) is 11.9. The Kier molecular flexibility index (Phi) is 4.54. The molecule has 0 bridgehead atoms. The standard InChI is InChI=1S/C14H23NO3/c1-10(13(17)18-5)6-7-15-9-11(8-12(15)16)14(2,3)4/h6,11H,7-9H2,1-5H3. The minimum atomic E-state index is -0.339. The molecule has 0 aromatic heterocycles. The third-order valence-electron chi connectivity index (χ3n) is 3.56. The van der Waals surface area contributed by atoms with Crippen molar-refractivity contribution in [2.24, 2.45) is 11.3 Å². The third kappa shape index (κ3) is 3.59. The molecule has 1 rings (SSSR count). The fourth-order valence-corrected chi connectivity index (χ4v) is 2.02. The van der Waals surface area contributed by atoms with Crippen LogP contribution in [0.15, 0.2) is 11.6 Å². The lowest BCUT2D eigenvalue weighted by atomic mass is 9.80. The lowest BCUT2D eigenvalue weighted by Crippen LogP contribution is -2.28. The maximum Gasteiger partial charge on any atom is 0.333 e. The molecular weight excluding hydrogens is 230 g/mol. The van der Waals surface area contributed by atoms with Gasteiger partial charge in [-0.05, 0) is 18.3 Å². The van der Waals surface area contributed by atoms with E-state index in [1.807, 2.05) is 4.90 Å². The smallest absolute Gasteiger partial charge is 0.333 e. The van der Waals surface area contributed by atoms with E-state index < -0.39 is 0 Å². The molecule has 4 nitrogen and oxygen atoms in total. The Labute approximate surface area is 109 Å². The van der Waals surface area contributed by atoms with Gasteiger partial charge in [-0.25, -0.2) is 4.79 Å². The average molecular weight is 253 g/mol. The minimum Gasteiger partial charge on any atom is -0.466 e. The normalized spacial score (nSPS) is 21.4. The van der Waals surface area contributed by atoms with Gasteiger partial charge in [-0.2, -0.15) is 0 Å². The second-order valence-corrected chi connectivity index (χ2v) is 5.94. The van der Waals surface area contributed by atoms with Crippen molar-refractivity contribution in [3.63, 3.8) is 0 Å². The first-order valence-electron chi connectivity index (χ1n) is 6.28. The van der Waals surface area contributed by atoms with Crippen LogP contribution in [0.25, 0.3) is 0 Å². The van der Waals surface area contributed by atoms with Crippen molar-refractivity contribution in [1.29, 1.82) is 0 Å². The molecule has 1 aliphatic heterocycles. The maximum atomic E-state index is 11.9. The summed E-state index contributed by atoms with van der Waals surface area (Å²) >= 11 is 0. The number of carbonyl (C=O) groups excluding carboxylic acids is 2. The van der Waals surface area contributed by atoms with Crippen LogP contribution >= 0.6 is 0 Å². The number of rotatable bonds is 3. The second-order valence-electron chi connectivity index (χ2n) is 5.94. The van der Waals surface area contributed by atoms with Gasteiger partial charge in [0.25, 0.3) is 0 Å². The molecule has 102 valence electrons. The first-order chi connectivity index (χ1) is 8.25. The first-order valence-corrected chi connectivity index (χ1v) is 6.28. The van der Waals surface area contributed by atoms with Crippen LogP contribution in [-0.4, -0.2) is 37.0 Å². The van der Waals surface area contributed by atoms with Gasteiger partial charge in [0.05, 0.1) is 7.11 Å². The maximum absolute atomic E-state index is 11.9. The molecule has 0 saturated carbocycles. The highest BCUT2D eigenvalue weighted by Crippen LogP contribution is 2.34. The minimum absolute atomic E-state index is 0.144. The molecule has 0 aromatic rings. The highest BCUT2D eigenvalue weighted by atomic mass is 16.5. The second kappa shape index (κ2) is 5.55. The Morgan fingerprint density at radius 2 is 2.11 bits per heavy atom. The summed E-state index contributed by atoms with van der Waals surface area (Å²) in [7, 11) is 1.36. The summed E-state index contributed by atoms with van der Waals surface area (Å²) in [5.41, 5.74) is 0.690. The third-order valence-corrected chi connectivity index (χ3v) is 3.56. The zero-order valence-electron chi connectivity index (χ0n) is 11.9. The highest BCUT2D eigenvalue weighted by molar-refractivity contribution is 5.87. The molecule has 0 aromatic carbocycles. The summed E-state index contributed by atoms with van der Waals surface area (Å²) < 4.78 is 4.62. The largest absolute Gasteiger partial charge is 0.466 e. The van der Waals surface area contributed by atoms with Gasteiger partial charge in [-0.3, -0.25) is 4.79 Å². The number of amides is 1. The van der Waals surface area contributed by atoms with Gasteiger partial charge in [0, 0.05) is 25.1 Å². The fraction of sp³-hybridized carbons (Fsp3) is 0.714. The van der Waals surface area contributed by atoms with Gasteiger partial charge in [-0.15, -0.1) is 0 Å². The van der Waals surface area contributed by atoms with Crippen molar-refractivity contribution < 1.29 is 14.3 Å². The molecule has 1 heterocycles. The summed E-state index contributed by atoms with van der Waals surface area (Å²) in [5, 5.41) is 0. The van der Waals surface area contributed by atoms with Crippen molar-refractivity contribution in [1.82, 2.24) is 4.90 Å². The molecule has 0 aliphatic carbocycles. The van der Waals surface area contributed by atoms with Crippen molar-refractivity contribution in [3.8, 4) is 0 Å². The summed E-state index contributed by atoms with van der Waals surface area (Å²) in [6.07, 6.45) is 2.36. The van der Waals surface area contributed by atoms with Gasteiger partial charge in [-0.1, -0.05) is 26.8 Å². The summed E-state index contributed by atoms with van der Waals surface area (Å²) in [6, 6.07) is 0. The van der Waals surface area contributed by atoms with E-state index in [9.17, 15) is 9.59 Å². The van der Waals surface area contributed by atoms with E-state index in [2.05, 4.69) is 25.5 Å². The molecule has 1 unspecified atom stereocenters. The Balaban J connectivity index is 2.60. The van der Waals surface area contributed by atoms with Gasteiger partial charge < -0.3 is 9.64 Å². The summed E-state index contributed by atoms with van der Waals surface area (Å²) in [5.74, 6) is 0.217. The lowest BCUT2D eigenvalue weighted by molar-refractivity contribution is -0.136. The summed E-state index contributed by atoms with van der Waals surface area (Å²) in [4.78, 5) is 24.9. The number of hydrogen-bond donors (Lipinski definition) is 0. The van der Waals surface area contributed by atoms with Crippen LogP contribution in [0.4, 0.5) is 0 Å². The number of esters is 1. The Hall–Kier alpha value is -1.32. The Bertz CT molecular complexity index is 366. The molecule has 0 N–H and O–H groups in total. The van der Waals surface area contributed by atoms with E-state index in [4.69, 9.17) is 0 Å². The van der Waals surface area contributed by atoms with Crippen LogP contribution in [-0.2, 0) is 14.3 Å². The van der Waals surface area contributed by atoms with Crippen LogP contribution in [0.1, 0.15) is 34.1 Å². The molecule has 4 heteroatoms. The number of carbonyl (C=O) groups is 2. The molecule has 1 saturated heterocycles. The van der Waals surface area contributed by atoms with Gasteiger partial charge in [0.1, 0.15) is 0 Å². The zero-order chi connectivity index (χ0) is 13.9. The van der Waals surface area contributed by atoms with E-state index in [0.29, 0.717) is 24.5 Å². The highest BCUT2D eigenvalue weighted by Gasteiger charge is 2.36. The van der Waals surface area contributed by atoms with E-state index in [1.54, 1.807) is 13.0 Å². The number of hydrogen-bond acceptors (Lipinski definition) is 3. The van der Waals surface area contributed by atoms with E-state index in [0.717, 1.165) is 6.54 Å². The molecule has 18 heavy (non-hydrogen) atoms. The Morgan fingerprint density at radius 3 is 2.56 bits per heavy atom. The fourth-order valence-electron chi connectivity index (χ4n) is 2.02. The molecule has 1 amide bonds. The van der Waals surface area contributed by atoms with Gasteiger partial charge in [0.15, 0.2) is 0 Å². The van der Waals surface area contributed by atoms with E-state index in [-0.39, 0.29) is 17.3 Å². The van der Waals surface area contributed by atoms with E-state index in [1.165, 1.54) is 7.11 Å². The molecular formula is C14H23NO3. The topological polar surface area (TPSA) is 46.6 Å². The quantitative estimate of drug-likeness (QED) is 0.571. The lowest BCUT2D eigenvalue weighted by Gasteiger charge is -2.26. The van der Waals surface area contributed by atoms with E-state index >= 15 is 0 Å². The van der Waals surface area contributed by atoms with Crippen LogP contribution < -0.4 is 0 Å². The average Bonchev–Trinajstić information content (AvgIpc) is 2.66. The monoisotopic (exact) mass is 253 g/mol. The number of methoxy groups -OCH3 is 1.